The van der Waals surface area contributed by atoms with Crippen LogP contribution in [0.1, 0.15) is 71.6 Å². The van der Waals surface area contributed by atoms with E-state index in [4.69, 9.17) is 47.4 Å². The second-order valence-electron chi connectivity index (χ2n) is 22.9. The molecule has 0 amide bonds. The van der Waals surface area contributed by atoms with Gasteiger partial charge in [0.2, 0.25) is 6.29 Å². The minimum atomic E-state index is -2.09. The normalized spacial score (nSPS) is 55.2. The van der Waals surface area contributed by atoms with E-state index in [-0.39, 0.29) is 18.4 Å². The smallest absolute Gasteiger partial charge is 0.314 e. The molecule has 16 N–H and O–H groups in total. The fourth-order valence-electron chi connectivity index (χ4n) is 14.4. The predicted molar refractivity (Wildman–Crippen MR) is 241 cm³/mol. The fourth-order valence-corrected chi connectivity index (χ4v) is 14.4. The molecule has 27 heteroatoms. The van der Waals surface area contributed by atoms with Crippen molar-refractivity contribution in [3.05, 3.63) is 12.2 Å². The van der Waals surface area contributed by atoms with Gasteiger partial charge in [-0.3, -0.25) is 4.79 Å². The number of hydrogen-bond acceptors (Lipinski definition) is 27. The Balaban J connectivity index is 0.930. The van der Waals surface area contributed by atoms with E-state index in [1.807, 2.05) is 0 Å². The molecule has 9 fully saturated rings. The van der Waals surface area contributed by atoms with Gasteiger partial charge in [-0.25, -0.2) is 0 Å². The lowest BCUT2D eigenvalue weighted by Gasteiger charge is -2.64. The van der Waals surface area contributed by atoms with Crippen LogP contribution in [-0.4, -0.2) is 267 Å². The molecule has 0 aromatic rings. The number of esters is 1. The average Bonchev–Trinajstić information content (AvgIpc) is 3.58. The SMILES string of the molecule is C=C1C[C@@]23CC[C@H]4[C@@](C)(CCC[C@@]4(C)C(=O)O[C@@H]4O[C@H](CO[C@@H]5OC[C@H](O)[C@H](O)[C@H]5O)[C@@H](O)[C@H](O)[C@H]4O)[C@@H]2CC[C@]1(O[C@@H]1O[C@H](O)[C@@H](O)[C@H](O[C@@H]2O[C@H](CO)[C@@H](O)[C@H](O)[C@H]2O)[C@H]1OC1O[C@H](CO)[C@@H](O)[C@H](O)[C@H]1O)C3. The molecule has 1 spiro atoms. The van der Waals surface area contributed by atoms with Crippen molar-refractivity contribution in [3.63, 3.8) is 0 Å². The Hall–Kier alpha value is -1.79. The number of aliphatic hydroxyl groups excluding tert-OH is 16. The molecule has 5 saturated heterocycles. The van der Waals surface area contributed by atoms with E-state index in [0.717, 1.165) is 6.42 Å². The number of carbonyl (C=O) groups is 1. The molecule has 1 unspecified atom stereocenters. The average molecular weight is 1090 g/mol. The van der Waals surface area contributed by atoms with Crippen LogP contribution in [0.25, 0.3) is 0 Å². The van der Waals surface area contributed by atoms with Crippen LogP contribution in [0.5, 0.6) is 0 Å². The highest BCUT2D eigenvalue weighted by Gasteiger charge is 2.70. The van der Waals surface area contributed by atoms with Crippen LogP contribution in [0.2, 0.25) is 0 Å². The molecule has 5 aliphatic heterocycles. The minimum absolute atomic E-state index is 0.0396. The van der Waals surface area contributed by atoms with Crippen molar-refractivity contribution in [2.45, 2.75) is 225 Å². The van der Waals surface area contributed by atoms with E-state index in [1.165, 1.54) is 0 Å². The van der Waals surface area contributed by atoms with Crippen LogP contribution < -0.4 is 0 Å². The lowest BCUT2D eigenvalue weighted by atomic mass is 9.41. The number of fused-ring (bicyclic) bond motifs is 3. The monoisotopic (exact) mass is 1080 g/mol. The maximum absolute atomic E-state index is 14.6. The van der Waals surface area contributed by atoms with Crippen molar-refractivity contribution in [2.75, 3.05) is 26.4 Å². The Morgan fingerprint density at radius 3 is 1.75 bits per heavy atom. The van der Waals surface area contributed by atoms with Gasteiger partial charge in [0.25, 0.3) is 0 Å². The molecule has 27 nitrogen and oxygen atoms in total. The summed E-state index contributed by atoms with van der Waals surface area (Å²) in [5.74, 6) is -1.02. The first-order valence-electron chi connectivity index (χ1n) is 25.8. The third kappa shape index (κ3) is 10.0. The first kappa shape index (κ1) is 57.9. The van der Waals surface area contributed by atoms with Crippen molar-refractivity contribution in [1.29, 1.82) is 0 Å². The molecule has 0 aromatic heterocycles. The fraction of sp³-hybridized carbons (Fsp3) is 0.938. The second-order valence-corrected chi connectivity index (χ2v) is 22.9. The van der Waals surface area contributed by atoms with E-state index in [1.54, 1.807) is 6.92 Å². The van der Waals surface area contributed by atoms with Gasteiger partial charge in [0, 0.05) is 0 Å². The first-order chi connectivity index (χ1) is 35.3. The maximum Gasteiger partial charge on any atom is 0.314 e. The molecule has 0 radical (unpaired) electrons. The topological polar surface area (TPSA) is 433 Å². The zero-order chi connectivity index (χ0) is 54.4. The van der Waals surface area contributed by atoms with Gasteiger partial charge in [-0.05, 0) is 86.5 Å². The Morgan fingerprint density at radius 2 is 1.13 bits per heavy atom. The van der Waals surface area contributed by atoms with Crippen LogP contribution in [0.3, 0.4) is 0 Å². The van der Waals surface area contributed by atoms with Gasteiger partial charge in [0.05, 0.1) is 37.4 Å². The lowest BCUT2D eigenvalue weighted by molar-refractivity contribution is -0.415. The van der Waals surface area contributed by atoms with Crippen molar-refractivity contribution >= 4 is 5.97 Å². The zero-order valence-electron chi connectivity index (χ0n) is 41.6. The predicted octanol–water partition coefficient (Wildman–Crippen LogP) is -6.69. The van der Waals surface area contributed by atoms with Gasteiger partial charge in [-0.1, -0.05) is 19.9 Å². The molecule has 9 aliphatic rings. The van der Waals surface area contributed by atoms with Gasteiger partial charge in [-0.2, -0.15) is 0 Å². The summed E-state index contributed by atoms with van der Waals surface area (Å²) in [4.78, 5) is 14.6. The number of aliphatic hydroxyl groups is 16. The van der Waals surface area contributed by atoms with Gasteiger partial charge in [0.15, 0.2) is 31.5 Å². The molecule has 0 aromatic carbocycles. The van der Waals surface area contributed by atoms with E-state index in [9.17, 15) is 86.5 Å². The Kier molecular flexibility index (Phi) is 16.9. The summed E-state index contributed by atoms with van der Waals surface area (Å²) in [6.07, 6.45) is -37.9. The molecule has 30 atom stereocenters. The van der Waals surface area contributed by atoms with Crippen molar-refractivity contribution < 1.29 is 134 Å². The number of ether oxygens (including phenoxy) is 10. The van der Waals surface area contributed by atoms with Crippen LogP contribution in [0.4, 0.5) is 0 Å². The highest BCUT2D eigenvalue weighted by molar-refractivity contribution is 5.77. The van der Waals surface area contributed by atoms with Gasteiger partial charge >= 0.3 is 5.97 Å². The molecule has 9 rings (SSSR count). The van der Waals surface area contributed by atoms with Crippen molar-refractivity contribution in [3.8, 4) is 0 Å². The molecular formula is C48H76O27. The quantitative estimate of drug-likeness (QED) is 0.0463. The van der Waals surface area contributed by atoms with Crippen LogP contribution in [-0.2, 0) is 52.2 Å². The summed E-state index contributed by atoms with van der Waals surface area (Å²) in [5.41, 5.74) is -2.68. The Labute approximate surface area is 430 Å². The summed E-state index contributed by atoms with van der Waals surface area (Å²) in [7, 11) is 0. The number of carbonyl (C=O) groups excluding carboxylic acids is 1. The Morgan fingerprint density at radius 1 is 0.587 bits per heavy atom. The van der Waals surface area contributed by atoms with E-state index in [0.29, 0.717) is 56.9 Å². The van der Waals surface area contributed by atoms with Crippen molar-refractivity contribution in [1.82, 2.24) is 0 Å². The first-order valence-corrected chi connectivity index (χ1v) is 25.8. The molecule has 430 valence electrons. The second kappa shape index (κ2) is 21.9. The third-order valence-corrected chi connectivity index (χ3v) is 18.5. The summed E-state index contributed by atoms with van der Waals surface area (Å²) >= 11 is 0. The van der Waals surface area contributed by atoms with E-state index in [2.05, 4.69) is 13.5 Å². The highest BCUT2D eigenvalue weighted by atomic mass is 16.8. The Bertz CT molecular complexity index is 2000. The minimum Gasteiger partial charge on any atom is -0.432 e. The highest BCUT2D eigenvalue weighted by Crippen LogP contribution is 2.74. The maximum atomic E-state index is 14.6. The van der Waals surface area contributed by atoms with Crippen LogP contribution >= 0.6 is 0 Å². The van der Waals surface area contributed by atoms with Gasteiger partial charge < -0.3 is 129 Å². The molecule has 2 bridgehead atoms. The molecule has 4 saturated carbocycles. The zero-order valence-corrected chi connectivity index (χ0v) is 41.6. The standard InChI is InChI=1S/C48H76O27/c1-17-11-47-9-5-22-45(2,7-4-8-46(22,3)44(65)74-42-34(62)30(58)27(55)21(70-42)15-67-39-31(59)24(52)18(51)14-66-39)23(47)6-10-48(17,16-47)75-43-37(72-41-33(61)29(57)26(54)20(13-50)69-41)36(35(63)38(64)73-43)71-40-32(60)28(56)25(53)19(12-49)68-40/h18-43,49-64H,1,4-16H2,2-3H3/t18-,19+,20+,21+,22-,23-,24-,25+,26+,27+,28-,29-,30-,31+,32+,33+,34+,35-,36-,37+,38-,39-,40-,41?,42-,43-,45+,46+,47+,48-/m0/s1. The molecule has 4 aliphatic carbocycles. The van der Waals surface area contributed by atoms with Gasteiger partial charge in [-0.15, -0.1) is 0 Å². The van der Waals surface area contributed by atoms with Crippen LogP contribution in [0, 0.1) is 28.1 Å². The largest absolute Gasteiger partial charge is 0.432 e. The lowest BCUT2D eigenvalue weighted by Crippen LogP contribution is -2.67. The van der Waals surface area contributed by atoms with Crippen LogP contribution in [0.15, 0.2) is 12.2 Å². The summed E-state index contributed by atoms with van der Waals surface area (Å²) in [6, 6.07) is 0. The summed E-state index contributed by atoms with van der Waals surface area (Å²) in [6.45, 7) is 5.86. The summed E-state index contributed by atoms with van der Waals surface area (Å²) < 4.78 is 58.8. The third-order valence-electron chi connectivity index (χ3n) is 18.5. The van der Waals surface area contributed by atoms with E-state index >= 15 is 0 Å². The van der Waals surface area contributed by atoms with E-state index < -0.39 is 195 Å². The number of hydrogen-bond donors (Lipinski definition) is 16. The molecule has 5 heterocycles. The van der Waals surface area contributed by atoms with Gasteiger partial charge in [0.1, 0.15) is 110 Å². The van der Waals surface area contributed by atoms with Crippen molar-refractivity contribution in [2.24, 2.45) is 28.1 Å². The number of rotatable bonds is 13. The summed E-state index contributed by atoms with van der Waals surface area (Å²) in [5, 5.41) is 170. The molecular weight excluding hydrogens is 1010 g/mol. The molecule has 75 heavy (non-hydrogen) atoms.